The van der Waals surface area contributed by atoms with E-state index in [1.165, 1.54) is 12.1 Å². The second kappa shape index (κ2) is 5.62. The van der Waals surface area contributed by atoms with Crippen LogP contribution < -0.4 is 4.74 Å². The van der Waals surface area contributed by atoms with Crippen molar-refractivity contribution in [3.8, 4) is 22.9 Å². The lowest BCUT2D eigenvalue weighted by Gasteiger charge is -2.12. The van der Waals surface area contributed by atoms with Gasteiger partial charge in [-0.2, -0.15) is 5.26 Å². The Morgan fingerprint density at radius 2 is 1.76 bits per heavy atom. The number of rotatable bonds is 2. The van der Waals surface area contributed by atoms with Crippen LogP contribution in [0.3, 0.4) is 0 Å². The molecule has 2 nitrogen and oxygen atoms in total. The van der Waals surface area contributed by atoms with E-state index < -0.39 is 17.9 Å². The molecule has 7 heteroatoms. The second-order valence-corrected chi connectivity index (χ2v) is 4.43. The van der Waals surface area contributed by atoms with E-state index in [0.717, 1.165) is 24.3 Å². The third-order valence-corrected chi connectivity index (χ3v) is 2.80. The summed E-state index contributed by atoms with van der Waals surface area (Å²) in [6.07, 6.45) is -4.87. The minimum absolute atomic E-state index is 0.00610. The van der Waals surface area contributed by atoms with Gasteiger partial charge >= 0.3 is 6.36 Å². The van der Waals surface area contributed by atoms with Crippen molar-refractivity contribution in [2.45, 2.75) is 6.36 Å². The van der Waals surface area contributed by atoms with Crippen LogP contribution in [0, 0.1) is 17.1 Å². The Morgan fingerprint density at radius 3 is 2.33 bits per heavy atom. The molecule has 0 unspecified atom stereocenters. The van der Waals surface area contributed by atoms with Crippen molar-refractivity contribution in [3.63, 3.8) is 0 Å². The summed E-state index contributed by atoms with van der Waals surface area (Å²) in [5.74, 6) is -1.28. The van der Waals surface area contributed by atoms with E-state index in [4.69, 9.17) is 16.9 Å². The van der Waals surface area contributed by atoms with Gasteiger partial charge in [0.25, 0.3) is 0 Å². The van der Waals surface area contributed by atoms with Gasteiger partial charge in [-0.25, -0.2) is 4.39 Å². The molecule has 2 aromatic rings. The highest BCUT2D eigenvalue weighted by molar-refractivity contribution is 6.30. The van der Waals surface area contributed by atoms with Crippen LogP contribution in [0.15, 0.2) is 36.4 Å². The monoisotopic (exact) mass is 315 g/mol. The van der Waals surface area contributed by atoms with Gasteiger partial charge in [-0.15, -0.1) is 13.2 Å². The van der Waals surface area contributed by atoms with Crippen molar-refractivity contribution in [3.05, 3.63) is 52.8 Å². The number of alkyl halides is 3. The van der Waals surface area contributed by atoms with Gasteiger partial charge < -0.3 is 4.74 Å². The van der Waals surface area contributed by atoms with Gasteiger partial charge in [0.15, 0.2) is 0 Å². The molecule has 0 spiro atoms. The molecule has 108 valence electrons. The first kappa shape index (κ1) is 15.1. The number of ether oxygens (including phenoxy) is 1. The third kappa shape index (κ3) is 3.64. The fraction of sp³-hybridized carbons (Fsp3) is 0.0714. The van der Waals surface area contributed by atoms with Gasteiger partial charge in [0.05, 0.1) is 11.6 Å². The maximum Gasteiger partial charge on any atom is 0.573 e. The fourth-order valence-corrected chi connectivity index (χ4v) is 1.91. The van der Waals surface area contributed by atoms with Crippen LogP contribution in [-0.2, 0) is 0 Å². The van der Waals surface area contributed by atoms with Crippen LogP contribution in [0.1, 0.15) is 5.56 Å². The molecule has 0 aromatic heterocycles. The Hall–Kier alpha value is -2.26. The van der Waals surface area contributed by atoms with Crippen LogP contribution in [0.4, 0.5) is 17.6 Å². The Kier molecular flexibility index (Phi) is 4.05. The summed E-state index contributed by atoms with van der Waals surface area (Å²) in [5.41, 5.74) is -0.0252. The van der Waals surface area contributed by atoms with Crippen LogP contribution in [0.2, 0.25) is 5.02 Å². The molecule has 2 rings (SSSR count). The van der Waals surface area contributed by atoms with Gasteiger partial charge in [-0.05, 0) is 36.4 Å². The zero-order valence-corrected chi connectivity index (χ0v) is 11.0. The number of halogens is 5. The van der Waals surface area contributed by atoms with E-state index in [1.807, 2.05) is 0 Å². The fourth-order valence-electron chi connectivity index (χ4n) is 1.75. The van der Waals surface area contributed by atoms with Crippen molar-refractivity contribution in [2.75, 3.05) is 0 Å². The van der Waals surface area contributed by atoms with Crippen LogP contribution in [0.5, 0.6) is 5.75 Å². The average molecular weight is 316 g/mol. The van der Waals surface area contributed by atoms with E-state index in [2.05, 4.69) is 4.74 Å². The summed E-state index contributed by atoms with van der Waals surface area (Å²) in [5, 5.41) is 9.12. The van der Waals surface area contributed by atoms with Gasteiger partial charge in [0.2, 0.25) is 0 Å². The molecule has 0 atom stereocenters. The van der Waals surface area contributed by atoms with Gasteiger partial charge in [-0.3, -0.25) is 0 Å². The molecule has 0 saturated heterocycles. The van der Waals surface area contributed by atoms with Gasteiger partial charge in [0.1, 0.15) is 11.6 Å². The van der Waals surface area contributed by atoms with Gasteiger partial charge in [0, 0.05) is 16.1 Å². The molecule has 0 radical (unpaired) electrons. The SMILES string of the molecule is N#Cc1ccc(OC(F)(F)F)cc1-c1ccc(Cl)cc1F. The van der Waals surface area contributed by atoms with E-state index in [9.17, 15) is 17.6 Å². The summed E-state index contributed by atoms with van der Waals surface area (Å²) in [7, 11) is 0. The van der Waals surface area contributed by atoms with Crippen molar-refractivity contribution in [1.82, 2.24) is 0 Å². The topological polar surface area (TPSA) is 33.0 Å². The molecule has 0 heterocycles. The lowest BCUT2D eigenvalue weighted by atomic mass is 9.99. The van der Waals surface area contributed by atoms with Crippen LogP contribution in [-0.4, -0.2) is 6.36 Å². The summed E-state index contributed by atoms with van der Waals surface area (Å²) in [4.78, 5) is 0. The van der Waals surface area contributed by atoms with Crippen LogP contribution in [0.25, 0.3) is 11.1 Å². The largest absolute Gasteiger partial charge is 0.573 e. The van der Waals surface area contributed by atoms with Crippen molar-refractivity contribution in [2.24, 2.45) is 0 Å². The zero-order valence-electron chi connectivity index (χ0n) is 10.2. The molecule has 0 amide bonds. The molecule has 0 aliphatic rings. The van der Waals surface area contributed by atoms with E-state index in [-0.39, 0.29) is 21.7 Å². The summed E-state index contributed by atoms with van der Waals surface area (Å²) < 4.78 is 54.3. The molecular formula is C14H6ClF4NO. The molecule has 21 heavy (non-hydrogen) atoms. The lowest BCUT2D eigenvalue weighted by molar-refractivity contribution is -0.274. The number of hydrogen-bond donors (Lipinski definition) is 0. The predicted molar refractivity (Wildman–Crippen MR) is 68.2 cm³/mol. The smallest absolute Gasteiger partial charge is 0.406 e. The normalized spacial score (nSPS) is 11.0. The molecule has 0 aliphatic heterocycles. The van der Waals surface area contributed by atoms with Crippen LogP contribution >= 0.6 is 11.6 Å². The van der Waals surface area contributed by atoms with Crippen molar-refractivity contribution >= 4 is 11.6 Å². The second-order valence-electron chi connectivity index (χ2n) is 3.99. The van der Waals surface area contributed by atoms with E-state index >= 15 is 0 Å². The Balaban J connectivity index is 2.55. The molecule has 0 aliphatic carbocycles. The van der Waals surface area contributed by atoms with E-state index in [1.54, 1.807) is 6.07 Å². The highest BCUT2D eigenvalue weighted by Gasteiger charge is 2.31. The minimum atomic E-state index is -4.87. The predicted octanol–water partition coefficient (Wildman–Crippen LogP) is 4.92. The first-order chi connectivity index (χ1) is 9.80. The first-order valence-electron chi connectivity index (χ1n) is 5.55. The summed E-state index contributed by atoms with van der Waals surface area (Å²) in [6.45, 7) is 0. The minimum Gasteiger partial charge on any atom is -0.406 e. The molecule has 0 fully saturated rings. The lowest BCUT2D eigenvalue weighted by Crippen LogP contribution is -2.17. The summed E-state index contributed by atoms with van der Waals surface area (Å²) in [6, 6.07) is 8.53. The highest BCUT2D eigenvalue weighted by atomic mass is 35.5. The quantitative estimate of drug-likeness (QED) is 0.737. The molecule has 0 saturated carbocycles. The maximum atomic E-state index is 13.9. The molecule has 2 aromatic carbocycles. The first-order valence-corrected chi connectivity index (χ1v) is 5.93. The number of benzene rings is 2. The average Bonchev–Trinajstić information content (AvgIpc) is 2.37. The summed E-state index contributed by atoms with van der Waals surface area (Å²) >= 11 is 5.62. The zero-order chi connectivity index (χ0) is 15.6. The Bertz CT molecular complexity index is 722. The highest BCUT2D eigenvalue weighted by Crippen LogP contribution is 2.33. The molecule has 0 N–H and O–H groups in total. The van der Waals surface area contributed by atoms with Gasteiger partial charge in [-0.1, -0.05) is 11.6 Å². The number of nitrogens with zero attached hydrogens (tertiary/aromatic N) is 1. The maximum absolute atomic E-state index is 13.9. The number of nitriles is 1. The third-order valence-electron chi connectivity index (χ3n) is 2.57. The standard InChI is InChI=1S/C14H6ClF4NO/c15-9-2-4-11(13(16)5-9)12-6-10(21-14(17,18)19)3-1-8(12)7-20/h1-6H. The van der Waals surface area contributed by atoms with Crippen molar-refractivity contribution < 1.29 is 22.3 Å². The van der Waals surface area contributed by atoms with E-state index in [0.29, 0.717) is 0 Å². The Labute approximate surface area is 122 Å². The molecular weight excluding hydrogens is 310 g/mol. The Morgan fingerprint density at radius 1 is 1.05 bits per heavy atom. The number of hydrogen-bond acceptors (Lipinski definition) is 2. The van der Waals surface area contributed by atoms with Crippen molar-refractivity contribution in [1.29, 1.82) is 5.26 Å². The molecule has 0 bridgehead atoms.